The quantitative estimate of drug-likeness (QED) is 0.722. The summed E-state index contributed by atoms with van der Waals surface area (Å²) in [5.41, 5.74) is 7.16. The van der Waals surface area contributed by atoms with E-state index in [-0.39, 0.29) is 17.4 Å². The summed E-state index contributed by atoms with van der Waals surface area (Å²) in [4.78, 5) is 30.2. The Hall–Kier alpha value is -2.28. The number of carbonyl (C=O) groups is 1. The molecule has 0 aliphatic carbocycles. The number of rotatable bonds is 1. The number of nitrogen functional groups attached to an aromatic ring is 1. The lowest BCUT2D eigenvalue weighted by atomic mass is 10.1. The van der Waals surface area contributed by atoms with Crippen LogP contribution in [0.1, 0.15) is 0 Å². The zero-order chi connectivity index (χ0) is 13.4. The van der Waals surface area contributed by atoms with E-state index in [1.54, 1.807) is 6.07 Å². The fourth-order valence-corrected chi connectivity index (χ4v) is 2.66. The van der Waals surface area contributed by atoms with Gasteiger partial charge in [0.2, 0.25) is 11.9 Å². The predicted octanol–water partition coefficient (Wildman–Crippen LogP) is 1.06. The molecule has 0 saturated carbocycles. The first-order valence-electron chi connectivity index (χ1n) is 5.56. The molecule has 1 aromatic heterocycles. The van der Waals surface area contributed by atoms with Crippen LogP contribution in [0.4, 0.5) is 11.6 Å². The van der Waals surface area contributed by atoms with Crippen molar-refractivity contribution >= 4 is 29.3 Å². The lowest BCUT2D eigenvalue weighted by Gasteiger charge is -2.16. The first-order chi connectivity index (χ1) is 9.11. The van der Waals surface area contributed by atoms with Crippen LogP contribution in [0, 0.1) is 0 Å². The number of nitrogens with two attached hydrogens (primary N) is 1. The molecule has 96 valence electrons. The molecule has 6 nitrogen and oxygen atoms in total. The van der Waals surface area contributed by atoms with Gasteiger partial charge >= 0.3 is 0 Å². The lowest BCUT2D eigenvalue weighted by Crippen LogP contribution is -2.18. The van der Waals surface area contributed by atoms with E-state index in [1.165, 1.54) is 17.8 Å². The highest BCUT2D eigenvalue weighted by Gasteiger charge is 2.16. The van der Waals surface area contributed by atoms with Crippen LogP contribution in [0.2, 0.25) is 0 Å². The molecule has 3 rings (SSSR count). The van der Waals surface area contributed by atoms with Crippen molar-refractivity contribution in [2.75, 3.05) is 16.8 Å². The Kier molecular flexibility index (Phi) is 2.75. The Labute approximate surface area is 112 Å². The second kappa shape index (κ2) is 4.43. The molecule has 7 heteroatoms. The Morgan fingerprint density at radius 3 is 2.89 bits per heavy atom. The number of fused-ring (bicyclic) bond motifs is 1. The Morgan fingerprint density at radius 2 is 2.11 bits per heavy atom. The van der Waals surface area contributed by atoms with E-state index in [0.717, 1.165) is 16.1 Å². The SMILES string of the molecule is Nc1nc(-c2ccc3c(c2)NC(=O)CS3)cc(=O)[nH]1. The third kappa shape index (κ3) is 2.32. The van der Waals surface area contributed by atoms with Crippen LogP contribution in [0.15, 0.2) is 34.0 Å². The van der Waals surface area contributed by atoms with E-state index in [9.17, 15) is 9.59 Å². The maximum absolute atomic E-state index is 11.4. The third-order valence-corrected chi connectivity index (χ3v) is 3.74. The average Bonchev–Trinajstić information content (AvgIpc) is 2.36. The first kappa shape index (κ1) is 11.8. The highest BCUT2D eigenvalue weighted by atomic mass is 32.2. The number of nitrogens with zero attached hydrogens (tertiary/aromatic N) is 1. The van der Waals surface area contributed by atoms with Gasteiger partial charge in [-0.2, -0.15) is 0 Å². The summed E-state index contributed by atoms with van der Waals surface area (Å²) in [6.07, 6.45) is 0. The zero-order valence-electron chi connectivity index (χ0n) is 9.77. The van der Waals surface area contributed by atoms with Crippen molar-refractivity contribution in [2.24, 2.45) is 0 Å². The van der Waals surface area contributed by atoms with Crippen LogP contribution in [0.3, 0.4) is 0 Å². The molecule has 0 radical (unpaired) electrons. The summed E-state index contributed by atoms with van der Waals surface area (Å²) in [6, 6.07) is 6.91. The minimum atomic E-state index is -0.307. The topological polar surface area (TPSA) is 101 Å². The number of nitrogens with one attached hydrogen (secondary N) is 2. The fourth-order valence-electron chi connectivity index (χ4n) is 1.87. The fraction of sp³-hybridized carbons (Fsp3) is 0.0833. The summed E-state index contributed by atoms with van der Waals surface area (Å²) in [5.74, 6) is 0.453. The second-order valence-electron chi connectivity index (χ2n) is 4.06. The molecule has 0 unspecified atom stereocenters. The summed E-state index contributed by atoms with van der Waals surface area (Å²) in [7, 11) is 0. The molecule has 19 heavy (non-hydrogen) atoms. The van der Waals surface area contributed by atoms with E-state index in [2.05, 4.69) is 15.3 Å². The summed E-state index contributed by atoms with van der Waals surface area (Å²) in [6.45, 7) is 0. The number of hydrogen-bond donors (Lipinski definition) is 3. The number of benzene rings is 1. The highest BCUT2D eigenvalue weighted by molar-refractivity contribution is 8.00. The number of amides is 1. The molecule has 0 bridgehead atoms. The average molecular weight is 274 g/mol. The maximum atomic E-state index is 11.4. The van der Waals surface area contributed by atoms with E-state index in [4.69, 9.17) is 5.73 Å². The van der Waals surface area contributed by atoms with Crippen LogP contribution in [-0.2, 0) is 4.79 Å². The molecule has 0 spiro atoms. The van der Waals surface area contributed by atoms with Crippen molar-refractivity contribution < 1.29 is 4.79 Å². The van der Waals surface area contributed by atoms with Gasteiger partial charge in [0, 0.05) is 16.5 Å². The molecule has 1 aliphatic heterocycles. The van der Waals surface area contributed by atoms with Gasteiger partial charge in [0.25, 0.3) is 5.56 Å². The molecule has 2 heterocycles. The molecule has 0 fully saturated rings. The standard InChI is InChI=1S/C12H10N4O2S/c13-12-15-7(4-10(17)16-12)6-1-2-9-8(3-6)14-11(18)5-19-9/h1-4H,5H2,(H,14,18)(H3,13,15,16,17). The van der Waals surface area contributed by atoms with Crippen LogP contribution in [0.25, 0.3) is 11.3 Å². The van der Waals surface area contributed by atoms with Crippen molar-refractivity contribution in [1.82, 2.24) is 9.97 Å². The summed E-state index contributed by atoms with van der Waals surface area (Å²) >= 11 is 1.48. The minimum absolute atomic E-state index is 0.0342. The molecule has 0 atom stereocenters. The van der Waals surface area contributed by atoms with Gasteiger partial charge in [0.05, 0.1) is 17.1 Å². The first-order valence-corrected chi connectivity index (χ1v) is 6.54. The number of thioether (sulfide) groups is 1. The van der Waals surface area contributed by atoms with Gasteiger partial charge in [-0.15, -0.1) is 11.8 Å². The molecule has 1 aliphatic rings. The van der Waals surface area contributed by atoms with Gasteiger partial charge in [0.1, 0.15) is 0 Å². The Bertz CT molecular complexity index is 726. The smallest absolute Gasteiger partial charge is 0.252 e. The van der Waals surface area contributed by atoms with Crippen molar-refractivity contribution in [2.45, 2.75) is 4.90 Å². The number of H-pyrrole nitrogens is 1. The monoisotopic (exact) mass is 274 g/mol. The van der Waals surface area contributed by atoms with Gasteiger partial charge in [-0.1, -0.05) is 6.07 Å². The van der Waals surface area contributed by atoms with Crippen LogP contribution in [-0.4, -0.2) is 21.6 Å². The van der Waals surface area contributed by atoms with Crippen molar-refractivity contribution in [3.8, 4) is 11.3 Å². The molecular weight excluding hydrogens is 264 g/mol. The lowest BCUT2D eigenvalue weighted by molar-refractivity contribution is -0.113. The number of anilines is 2. The highest BCUT2D eigenvalue weighted by Crippen LogP contribution is 2.34. The van der Waals surface area contributed by atoms with Crippen molar-refractivity contribution in [1.29, 1.82) is 0 Å². The van der Waals surface area contributed by atoms with Gasteiger partial charge in [0.15, 0.2) is 0 Å². The van der Waals surface area contributed by atoms with Crippen LogP contribution in [0.5, 0.6) is 0 Å². The number of aromatic amines is 1. The van der Waals surface area contributed by atoms with Crippen LogP contribution < -0.4 is 16.6 Å². The number of aromatic nitrogens is 2. The van der Waals surface area contributed by atoms with E-state index >= 15 is 0 Å². The minimum Gasteiger partial charge on any atom is -0.369 e. The normalized spacial score (nSPS) is 13.8. The molecule has 1 aromatic carbocycles. The van der Waals surface area contributed by atoms with Crippen molar-refractivity contribution in [3.63, 3.8) is 0 Å². The summed E-state index contributed by atoms with van der Waals surface area (Å²) in [5, 5.41) is 2.79. The van der Waals surface area contributed by atoms with Gasteiger partial charge in [-0.3, -0.25) is 14.6 Å². The van der Waals surface area contributed by atoms with Gasteiger partial charge in [-0.05, 0) is 12.1 Å². The number of carbonyl (C=O) groups excluding carboxylic acids is 1. The molecular formula is C12H10N4O2S. The molecule has 4 N–H and O–H groups in total. The maximum Gasteiger partial charge on any atom is 0.252 e. The molecule has 1 amide bonds. The molecule has 2 aromatic rings. The van der Waals surface area contributed by atoms with Crippen LogP contribution >= 0.6 is 11.8 Å². The van der Waals surface area contributed by atoms with E-state index in [0.29, 0.717) is 11.4 Å². The van der Waals surface area contributed by atoms with Gasteiger partial charge in [-0.25, -0.2) is 4.98 Å². The second-order valence-corrected chi connectivity index (χ2v) is 5.08. The van der Waals surface area contributed by atoms with E-state index in [1.807, 2.05) is 12.1 Å². The third-order valence-electron chi connectivity index (χ3n) is 2.67. The molecule has 0 saturated heterocycles. The number of hydrogen-bond acceptors (Lipinski definition) is 5. The Morgan fingerprint density at radius 1 is 1.26 bits per heavy atom. The van der Waals surface area contributed by atoms with E-state index < -0.39 is 0 Å². The Balaban J connectivity index is 2.08. The largest absolute Gasteiger partial charge is 0.369 e. The van der Waals surface area contributed by atoms with Crippen molar-refractivity contribution in [3.05, 3.63) is 34.6 Å². The summed E-state index contributed by atoms with van der Waals surface area (Å²) < 4.78 is 0. The zero-order valence-corrected chi connectivity index (χ0v) is 10.6. The predicted molar refractivity (Wildman–Crippen MR) is 74.1 cm³/mol. The van der Waals surface area contributed by atoms with Gasteiger partial charge < -0.3 is 11.1 Å².